The summed E-state index contributed by atoms with van der Waals surface area (Å²) in [5.41, 5.74) is 3.27. The molecule has 6 nitrogen and oxygen atoms in total. The number of pyridine rings is 1. The topological polar surface area (TPSA) is 83.5 Å². The van der Waals surface area contributed by atoms with Gasteiger partial charge in [0.1, 0.15) is 12.4 Å². The third-order valence-corrected chi connectivity index (χ3v) is 4.87. The van der Waals surface area contributed by atoms with E-state index in [-0.39, 0.29) is 12.4 Å². The lowest BCUT2D eigenvalue weighted by Gasteiger charge is -2.08. The monoisotopic (exact) mass is 405 g/mol. The number of rotatable bonds is 8. The van der Waals surface area contributed by atoms with Crippen molar-refractivity contribution in [3.05, 3.63) is 70.7 Å². The minimum Gasteiger partial charge on any atom is -0.489 e. The number of amides is 1. The highest BCUT2D eigenvalue weighted by atomic mass is 32.1. The fourth-order valence-electron chi connectivity index (χ4n) is 2.39. The molecule has 2 heterocycles. The van der Waals surface area contributed by atoms with Gasteiger partial charge in [-0.3, -0.25) is 15.0 Å². The Balaban J connectivity index is 1.45. The Bertz CT molecular complexity index is 948. The first kappa shape index (κ1) is 19.9. The zero-order chi connectivity index (χ0) is 19.9. The molecule has 3 rings (SSSR count). The summed E-state index contributed by atoms with van der Waals surface area (Å²) in [6.07, 6.45) is 1.72. The molecule has 1 amide bonds. The van der Waals surface area contributed by atoms with Crippen LogP contribution in [0.1, 0.15) is 15.2 Å². The average molecular weight is 405 g/mol. The number of carbonyl (C=O) groups excluding carboxylic acids is 1. The Hall–Kier alpha value is -2.88. The molecule has 3 N–H and O–H groups in total. The smallest absolute Gasteiger partial charge is 0.284 e. The first-order valence-corrected chi connectivity index (χ1v) is 9.16. The molecule has 0 fully saturated rings. The lowest BCUT2D eigenvalue weighted by molar-refractivity contribution is 0.0711. The van der Waals surface area contributed by atoms with Crippen LogP contribution in [-0.2, 0) is 6.54 Å². The van der Waals surface area contributed by atoms with Crippen molar-refractivity contribution in [1.82, 2.24) is 15.8 Å². The van der Waals surface area contributed by atoms with E-state index in [1.807, 2.05) is 12.1 Å². The summed E-state index contributed by atoms with van der Waals surface area (Å²) >= 11 is 1.23. The van der Waals surface area contributed by atoms with Crippen molar-refractivity contribution in [2.75, 3.05) is 13.2 Å². The van der Waals surface area contributed by atoms with Gasteiger partial charge >= 0.3 is 0 Å². The number of aromatic nitrogens is 1. The number of hydrogen-bond acceptors (Lipinski definition) is 6. The standard InChI is InChI=1S/C19H17F2N3O3S/c20-13-2-4-16(14(21)9-13)27-8-7-22-10-12-1-3-15(23-11-12)17-5-6-18(28-17)19(25)24-26/h1-6,9,11,22,26H,7-8,10H2,(H,24,25). The van der Waals surface area contributed by atoms with Crippen molar-refractivity contribution in [3.8, 4) is 16.3 Å². The van der Waals surface area contributed by atoms with Crippen molar-refractivity contribution < 1.29 is 23.5 Å². The fourth-order valence-corrected chi connectivity index (χ4v) is 3.26. The molecule has 0 unspecified atom stereocenters. The molecule has 0 bridgehead atoms. The first-order chi connectivity index (χ1) is 13.6. The van der Waals surface area contributed by atoms with Crippen molar-refractivity contribution in [2.45, 2.75) is 6.54 Å². The first-order valence-electron chi connectivity index (χ1n) is 8.35. The normalized spacial score (nSPS) is 10.7. The molecule has 0 aliphatic rings. The molecule has 0 aliphatic carbocycles. The molecule has 0 radical (unpaired) electrons. The number of ether oxygens (including phenoxy) is 1. The summed E-state index contributed by atoms with van der Waals surface area (Å²) in [7, 11) is 0. The Morgan fingerprint density at radius 3 is 2.75 bits per heavy atom. The van der Waals surface area contributed by atoms with Crippen molar-refractivity contribution >= 4 is 17.2 Å². The molecule has 1 aromatic carbocycles. The minimum absolute atomic E-state index is 0.0133. The van der Waals surface area contributed by atoms with E-state index in [1.165, 1.54) is 17.4 Å². The molecular formula is C19H17F2N3O3S. The second kappa shape index (κ2) is 9.36. The minimum atomic E-state index is -0.729. The molecule has 0 spiro atoms. The number of benzene rings is 1. The van der Waals surface area contributed by atoms with E-state index in [0.29, 0.717) is 18.0 Å². The Kier molecular flexibility index (Phi) is 6.64. The SMILES string of the molecule is O=C(NO)c1ccc(-c2ccc(CNCCOc3ccc(F)cc3F)cn2)s1. The van der Waals surface area contributed by atoms with Gasteiger partial charge in [-0.1, -0.05) is 6.07 Å². The van der Waals surface area contributed by atoms with Gasteiger partial charge in [0.05, 0.1) is 15.4 Å². The van der Waals surface area contributed by atoms with Crippen LogP contribution in [-0.4, -0.2) is 29.3 Å². The van der Waals surface area contributed by atoms with Crippen molar-refractivity contribution in [1.29, 1.82) is 0 Å². The van der Waals surface area contributed by atoms with E-state index in [1.54, 1.807) is 23.8 Å². The molecule has 3 aromatic rings. The second-order valence-electron chi connectivity index (χ2n) is 5.76. The fraction of sp³-hybridized carbons (Fsp3) is 0.158. The summed E-state index contributed by atoms with van der Waals surface area (Å²) in [4.78, 5) is 17.0. The largest absolute Gasteiger partial charge is 0.489 e. The van der Waals surface area contributed by atoms with E-state index >= 15 is 0 Å². The van der Waals surface area contributed by atoms with E-state index < -0.39 is 17.5 Å². The average Bonchev–Trinajstić information content (AvgIpc) is 3.19. The molecular weight excluding hydrogens is 388 g/mol. The van der Waals surface area contributed by atoms with Crippen molar-refractivity contribution in [2.24, 2.45) is 0 Å². The zero-order valence-corrected chi connectivity index (χ0v) is 15.4. The molecule has 9 heteroatoms. The number of thiophene rings is 1. The maximum atomic E-state index is 13.4. The third kappa shape index (κ3) is 5.10. The molecule has 146 valence electrons. The van der Waals surface area contributed by atoms with Crippen LogP contribution in [0.5, 0.6) is 5.75 Å². The van der Waals surface area contributed by atoms with Gasteiger partial charge in [0.15, 0.2) is 11.6 Å². The highest BCUT2D eigenvalue weighted by Gasteiger charge is 2.10. The Morgan fingerprint density at radius 2 is 2.04 bits per heavy atom. The number of nitrogens with zero attached hydrogens (tertiary/aromatic N) is 1. The van der Waals surface area contributed by atoms with Gasteiger partial charge in [0, 0.05) is 25.4 Å². The molecule has 0 saturated carbocycles. The van der Waals surface area contributed by atoms with Crippen LogP contribution in [0.3, 0.4) is 0 Å². The lowest BCUT2D eigenvalue weighted by atomic mass is 10.2. The van der Waals surface area contributed by atoms with Crippen LogP contribution in [0.25, 0.3) is 10.6 Å². The van der Waals surface area contributed by atoms with E-state index in [0.717, 1.165) is 28.3 Å². The van der Waals surface area contributed by atoms with Crippen LogP contribution in [0.2, 0.25) is 0 Å². The number of hydroxylamine groups is 1. The summed E-state index contributed by atoms with van der Waals surface area (Å²) < 4.78 is 31.5. The van der Waals surface area contributed by atoms with Crippen LogP contribution < -0.4 is 15.5 Å². The summed E-state index contributed by atoms with van der Waals surface area (Å²) in [6.45, 7) is 1.26. The summed E-state index contributed by atoms with van der Waals surface area (Å²) in [5, 5.41) is 11.8. The quantitative estimate of drug-likeness (QED) is 0.304. The maximum Gasteiger partial charge on any atom is 0.284 e. The van der Waals surface area contributed by atoms with Gasteiger partial charge in [-0.15, -0.1) is 11.3 Å². The predicted octanol–water partition coefficient (Wildman–Crippen LogP) is 3.38. The van der Waals surface area contributed by atoms with Crippen LogP contribution in [0.15, 0.2) is 48.7 Å². The molecule has 28 heavy (non-hydrogen) atoms. The van der Waals surface area contributed by atoms with Crippen LogP contribution >= 0.6 is 11.3 Å². The van der Waals surface area contributed by atoms with Crippen LogP contribution in [0, 0.1) is 11.6 Å². The summed E-state index contributed by atoms with van der Waals surface area (Å²) in [6, 6.07) is 10.3. The number of nitrogens with one attached hydrogen (secondary N) is 2. The van der Waals surface area contributed by atoms with Gasteiger partial charge in [0.25, 0.3) is 5.91 Å². The van der Waals surface area contributed by atoms with E-state index in [2.05, 4.69) is 10.3 Å². The van der Waals surface area contributed by atoms with Crippen molar-refractivity contribution in [3.63, 3.8) is 0 Å². The van der Waals surface area contributed by atoms with Gasteiger partial charge in [-0.2, -0.15) is 0 Å². The highest BCUT2D eigenvalue weighted by molar-refractivity contribution is 7.17. The molecule has 2 aromatic heterocycles. The third-order valence-electron chi connectivity index (χ3n) is 3.77. The second-order valence-corrected chi connectivity index (χ2v) is 6.84. The Morgan fingerprint density at radius 1 is 1.18 bits per heavy atom. The van der Waals surface area contributed by atoms with E-state index in [9.17, 15) is 13.6 Å². The molecule has 0 aliphatic heterocycles. The van der Waals surface area contributed by atoms with E-state index in [4.69, 9.17) is 9.94 Å². The molecule has 0 saturated heterocycles. The van der Waals surface area contributed by atoms with Gasteiger partial charge in [-0.25, -0.2) is 14.3 Å². The number of carbonyl (C=O) groups is 1. The maximum absolute atomic E-state index is 13.4. The summed E-state index contributed by atoms with van der Waals surface area (Å²) in [5.74, 6) is -1.92. The number of halogens is 2. The van der Waals surface area contributed by atoms with Gasteiger partial charge in [0.2, 0.25) is 0 Å². The van der Waals surface area contributed by atoms with Gasteiger partial charge < -0.3 is 10.1 Å². The molecule has 0 atom stereocenters. The lowest BCUT2D eigenvalue weighted by Crippen LogP contribution is -2.20. The van der Waals surface area contributed by atoms with Gasteiger partial charge in [-0.05, 0) is 35.9 Å². The predicted molar refractivity (Wildman–Crippen MR) is 100 cm³/mol. The zero-order valence-electron chi connectivity index (χ0n) is 14.6. The highest BCUT2D eigenvalue weighted by Crippen LogP contribution is 2.26. The Labute approximate surface area is 163 Å². The number of hydrogen-bond donors (Lipinski definition) is 3. The van der Waals surface area contributed by atoms with Crippen LogP contribution in [0.4, 0.5) is 8.78 Å².